The second-order valence-corrected chi connectivity index (χ2v) is 7.66. The van der Waals surface area contributed by atoms with Gasteiger partial charge in [0.2, 0.25) is 0 Å². The average molecular weight is 366 g/mol. The van der Waals surface area contributed by atoms with Crippen molar-refractivity contribution in [3.8, 4) is 5.75 Å². The quantitative estimate of drug-likeness (QED) is 0.808. The van der Waals surface area contributed by atoms with Crippen molar-refractivity contribution >= 4 is 5.69 Å². The lowest BCUT2D eigenvalue weighted by molar-refractivity contribution is 0.156. The van der Waals surface area contributed by atoms with Crippen LogP contribution in [0.4, 0.5) is 5.69 Å². The van der Waals surface area contributed by atoms with Gasteiger partial charge in [-0.2, -0.15) is 0 Å². The Kier molecular flexibility index (Phi) is 5.65. The highest BCUT2D eigenvalue weighted by atomic mass is 16.5. The number of hydrogen-bond donors (Lipinski definition) is 0. The molecule has 27 heavy (non-hydrogen) atoms. The number of benzene rings is 2. The van der Waals surface area contributed by atoms with E-state index in [0.29, 0.717) is 6.04 Å². The van der Waals surface area contributed by atoms with Gasteiger partial charge in [0, 0.05) is 51.9 Å². The second kappa shape index (κ2) is 8.32. The summed E-state index contributed by atoms with van der Waals surface area (Å²) in [5, 5.41) is 0. The van der Waals surface area contributed by atoms with Crippen molar-refractivity contribution in [2.75, 3.05) is 57.8 Å². The summed E-state index contributed by atoms with van der Waals surface area (Å²) in [5.74, 6) is 0.978. The maximum Gasteiger partial charge on any atom is 0.142 e. The molecule has 144 valence electrons. The highest BCUT2D eigenvalue weighted by Gasteiger charge is 2.25. The van der Waals surface area contributed by atoms with Crippen LogP contribution in [0.1, 0.15) is 24.1 Å². The Bertz CT molecular complexity index is 755. The Balaban J connectivity index is 1.29. The van der Waals surface area contributed by atoms with E-state index >= 15 is 0 Å². The third-order valence-corrected chi connectivity index (χ3v) is 6.22. The van der Waals surface area contributed by atoms with Gasteiger partial charge in [-0.3, -0.25) is 9.80 Å². The Morgan fingerprint density at radius 1 is 0.889 bits per heavy atom. The molecule has 0 spiro atoms. The Labute approximate surface area is 163 Å². The molecular weight excluding hydrogens is 334 g/mol. The first-order valence-electron chi connectivity index (χ1n) is 10.2. The minimum Gasteiger partial charge on any atom is -0.495 e. The van der Waals surface area contributed by atoms with Crippen LogP contribution in [0.3, 0.4) is 0 Å². The van der Waals surface area contributed by atoms with Crippen LogP contribution in [0.5, 0.6) is 5.75 Å². The van der Waals surface area contributed by atoms with E-state index in [1.54, 1.807) is 7.11 Å². The summed E-state index contributed by atoms with van der Waals surface area (Å²) in [4.78, 5) is 7.71. The summed E-state index contributed by atoms with van der Waals surface area (Å²) in [6.07, 6.45) is 1.18. The largest absolute Gasteiger partial charge is 0.495 e. The van der Waals surface area contributed by atoms with E-state index in [1.807, 2.05) is 6.07 Å². The van der Waals surface area contributed by atoms with Crippen LogP contribution in [-0.4, -0.2) is 62.7 Å². The molecule has 4 nitrogen and oxygen atoms in total. The van der Waals surface area contributed by atoms with E-state index in [4.69, 9.17) is 4.74 Å². The minimum atomic E-state index is 0.532. The first kappa shape index (κ1) is 18.3. The molecule has 0 N–H and O–H groups in total. The predicted molar refractivity (Wildman–Crippen MR) is 112 cm³/mol. The summed E-state index contributed by atoms with van der Waals surface area (Å²) in [7, 11) is 1.76. The van der Waals surface area contributed by atoms with E-state index in [0.717, 1.165) is 45.0 Å². The molecule has 0 amide bonds. The maximum absolute atomic E-state index is 5.53. The molecule has 2 heterocycles. The number of fused-ring (bicyclic) bond motifs is 1. The number of para-hydroxylation sites is 2. The SMILES string of the molecule is COc1ccccc1N1CCN(CCN2CCc3ccccc3C2C)CC1. The number of hydrogen-bond acceptors (Lipinski definition) is 4. The molecule has 0 aromatic heterocycles. The van der Waals surface area contributed by atoms with Gasteiger partial charge in [0.05, 0.1) is 12.8 Å². The van der Waals surface area contributed by atoms with Crippen LogP contribution in [0.2, 0.25) is 0 Å². The number of piperazine rings is 1. The van der Waals surface area contributed by atoms with Crippen molar-refractivity contribution in [3.05, 3.63) is 59.7 Å². The Morgan fingerprint density at radius 2 is 1.63 bits per heavy atom. The van der Waals surface area contributed by atoms with Crippen LogP contribution in [0.15, 0.2) is 48.5 Å². The van der Waals surface area contributed by atoms with E-state index < -0.39 is 0 Å². The molecule has 4 heteroatoms. The lowest BCUT2D eigenvalue weighted by Crippen LogP contribution is -2.49. The summed E-state index contributed by atoms with van der Waals surface area (Å²) in [6.45, 7) is 10.2. The van der Waals surface area contributed by atoms with Crippen molar-refractivity contribution in [1.29, 1.82) is 0 Å². The number of nitrogens with zero attached hydrogens (tertiary/aromatic N) is 3. The fourth-order valence-corrected chi connectivity index (χ4v) is 4.50. The number of ether oxygens (including phenoxy) is 1. The fraction of sp³-hybridized carbons (Fsp3) is 0.478. The molecule has 2 aromatic rings. The third-order valence-electron chi connectivity index (χ3n) is 6.22. The molecule has 0 saturated carbocycles. The summed E-state index contributed by atoms with van der Waals surface area (Å²) < 4.78 is 5.53. The average Bonchev–Trinajstić information content (AvgIpc) is 2.74. The van der Waals surface area contributed by atoms with E-state index in [2.05, 4.69) is 64.1 Å². The van der Waals surface area contributed by atoms with Crippen molar-refractivity contribution < 1.29 is 4.74 Å². The normalized spacial score (nSPS) is 21.1. The van der Waals surface area contributed by atoms with Gasteiger partial charge >= 0.3 is 0 Å². The molecular formula is C23H31N3O. The van der Waals surface area contributed by atoms with Crippen molar-refractivity contribution in [2.45, 2.75) is 19.4 Å². The van der Waals surface area contributed by atoms with Crippen LogP contribution in [-0.2, 0) is 6.42 Å². The highest BCUT2D eigenvalue weighted by Crippen LogP contribution is 2.30. The molecule has 0 aliphatic carbocycles. The smallest absolute Gasteiger partial charge is 0.142 e. The maximum atomic E-state index is 5.53. The van der Waals surface area contributed by atoms with Gasteiger partial charge in [-0.25, -0.2) is 0 Å². The Morgan fingerprint density at radius 3 is 2.44 bits per heavy atom. The van der Waals surface area contributed by atoms with Crippen molar-refractivity contribution in [3.63, 3.8) is 0 Å². The second-order valence-electron chi connectivity index (χ2n) is 7.66. The van der Waals surface area contributed by atoms with Crippen molar-refractivity contribution in [2.24, 2.45) is 0 Å². The van der Waals surface area contributed by atoms with E-state index in [9.17, 15) is 0 Å². The number of anilines is 1. The third kappa shape index (κ3) is 3.97. The zero-order valence-electron chi connectivity index (χ0n) is 16.6. The molecule has 2 aromatic carbocycles. The molecule has 1 atom stereocenters. The van der Waals surface area contributed by atoms with Gasteiger partial charge < -0.3 is 9.64 Å². The van der Waals surface area contributed by atoms with E-state index in [1.165, 1.54) is 29.8 Å². The molecule has 2 aliphatic heterocycles. The molecule has 1 unspecified atom stereocenters. The van der Waals surface area contributed by atoms with Gasteiger partial charge in [-0.1, -0.05) is 36.4 Å². The van der Waals surface area contributed by atoms with Gasteiger partial charge in [-0.15, -0.1) is 0 Å². The lowest BCUT2D eigenvalue weighted by atomic mass is 9.94. The van der Waals surface area contributed by atoms with Crippen molar-refractivity contribution in [1.82, 2.24) is 9.80 Å². The topological polar surface area (TPSA) is 19.0 Å². The first-order chi connectivity index (χ1) is 13.3. The van der Waals surface area contributed by atoms with Crippen LogP contribution < -0.4 is 9.64 Å². The fourth-order valence-electron chi connectivity index (χ4n) is 4.50. The van der Waals surface area contributed by atoms with Crippen LogP contribution >= 0.6 is 0 Å². The summed E-state index contributed by atoms with van der Waals surface area (Å²) in [5.41, 5.74) is 4.28. The number of methoxy groups -OCH3 is 1. The van der Waals surface area contributed by atoms with Gasteiger partial charge in [0.15, 0.2) is 0 Å². The highest BCUT2D eigenvalue weighted by molar-refractivity contribution is 5.58. The van der Waals surface area contributed by atoms with Crippen LogP contribution in [0, 0.1) is 0 Å². The summed E-state index contributed by atoms with van der Waals surface area (Å²) in [6, 6.07) is 17.8. The lowest BCUT2D eigenvalue weighted by Gasteiger charge is -2.39. The zero-order chi connectivity index (χ0) is 18.6. The molecule has 2 aliphatic rings. The number of rotatable bonds is 5. The molecule has 1 saturated heterocycles. The van der Waals surface area contributed by atoms with Gasteiger partial charge in [-0.05, 0) is 36.6 Å². The predicted octanol–water partition coefficient (Wildman–Crippen LogP) is 3.44. The van der Waals surface area contributed by atoms with E-state index in [-0.39, 0.29) is 0 Å². The Hall–Kier alpha value is -2.04. The molecule has 1 fully saturated rings. The minimum absolute atomic E-state index is 0.532. The van der Waals surface area contributed by atoms with Gasteiger partial charge in [0.25, 0.3) is 0 Å². The monoisotopic (exact) mass is 365 g/mol. The summed E-state index contributed by atoms with van der Waals surface area (Å²) >= 11 is 0. The zero-order valence-corrected chi connectivity index (χ0v) is 16.6. The molecule has 4 rings (SSSR count). The first-order valence-corrected chi connectivity index (χ1v) is 10.2. The standard InChI is InChI=1S/C23H31N3O/c1-19-21-8-4-3-7-20(21)11-12-25(19)16-13-24-14-17-26(18-15-24)22-9-5-6-10-23(22)27-2/h3-10,19H,11-18H2,1-2H3. The van der Waals surface area contributed by atoms with Crippen LogP contribution in [0.25, 0.3) is 0 Å². The van der Waals surface area contributed by atoms with Gasteiger partial charge in [0.1, 0.15) is 5.75 Å². The molecule has 0 radical (unpaired) electrons. The molecule has 0 bridgehead atoms.